The Morgan fingerprint density at radius 3 is 3.00 bits per heavy atom. The van der Waals surface area contributed by atoms with Crippen molar-refractivity contribution in [2.75, 3.05) is 12.4 Å². The largest absolute Gasteiger partial charge is 0.481 e. The molecule has 0 aliphatic rings. The van der Waals surface area contributed by atoms with Gasteiger partial charge in [-0.25, -0.2) is 4.98 Å². The standard InChI is InChI=1S/C10H8ClN3O2S/c1-16-8-4-7(11)12-10(13-8)14-9(15)6-2-3-17-5-6/h2-5H,1H3,(H,12,13,14,15). The lowest BCUT2D eigenvalue weighted by Crippen LogP contribution is -2.13. The van der Waals surface area contributed by atoms with E-state index in [9.17, 15) is 4.79 Å². The summed E-state index contributed by atoms with van der Waals surface area (Å²) in [6.07, 6.45) is 0. The SMILES string of the molecule is COc1cc(Cl)nc(NC(=O)c2ccsc2)n1. The smallest absolute Gasteiger partial charge is 0.258 e. The van der Waals surface area contributed by atoms with E-state index >= 15 is 0 Å². The van der Waals surface area contributed by atoms with Crippen LogP contribution < -0.4 is 10.1 Å². The van der Waals surface area contributed by atoms with Crippen LogP contribution in [-0.4, -0.2) is 23.0 Å². The predicted octanol–water partition coefficient (Wildman–Crippen LogP) is 2.45. The summed E-state index contributed by atoms with van der Waals surface area (Å²) in [5, 5.41) is 6.29. The van der Waals surface area contributed by atoms with Crippen LogP contribution in [0, 0.1) is 0 Å². The normalized spacial score (nSPS) is 10.0. The van der Waals surface area contributed by atoms with Gasteiger partial charge >= 0.3 is 0 Å². The number of aromatic nitrogens is 2. The van der Waals surface area contributed by atoms with Gasteiger partial charge in [0.2, 0.25) is 11.8 Å². The summed E-state index contributed by atoms with van der Waals surface area (Å²) in [5.74, 6) is 0.131. The third kappa shape index (κ3) is 2.92. The molecule has 7 heteroatoms. The first-order chi connectivity index (χ1) is 8.19. The maximum atomic E-state index is 11.7. The number of nitrogens with one attached hydrogen (secondary N) is 1. The van der Waals surface area contributed by atoms with Gasteiger partial charge in [0.15, 0.2) is 0 Å². The molecule has 1 N–H and O–H groups in total. The number of nitrogens with zero attached hydrogens (tertiary/aromatic N) is 2. The summed E-state index contributed by atoms with van der Waals surface area (Å²) in [6.45, 7) is 0. The van der Waals surface area contributed by atoms with Gasteiger partial charge in [-0.15, -0.1) is 0 Å². The topological polar surface area (TPSA) is 64.1 Å². The highest BCUT2D eigenvalue weighted by molar-refractivity contribution is 7.08. The fourth-order valence-electron chi connectivity index (χ4n) is 1.12. The Bertz CT molecular complexity index is 530. The summed E-state index contributed by atoms with van der Waals surface area (Å²) >= 11 is 7.19. The first kappa shape index (κ1) is 11.8. The Balaban J connectivity index is 2.18. The number of carbonyl (C=O) groups excluding carboxylic acids is 1. The minimum Gasteiger partial charge on any atom is -0.481 e. The Hall–Kier alpha value is -1.66. The molecule has 0 fully saturated rings. The molecule has 2 aromatic rings. The monoisotopic (exact) mass is 269 g/mol. The Kier molecular flexibility index (Phi) is 3.55. The maximum Gasteiger partial charge on any atom is 0.258 e. The van der Waals surface area contributed by atoms with Crippen molar-refractivity contribution in [3.05, 3.63) is 33.6 Å². The predicted molar refractivity (Wildman–Crippen MR) is 65.9 cm³/mol. The molecule has 0 unspecified atom stereocenters. The Morgan fingerprint density at radius 2 is 2.35 bits per heavy atom. The molecule has 0 aliphatic heterocycles. The van der Waals surface area contributed by atoms with Crippen LogP contribution in [0.4, 0.5) is 5.95 Å². The zero-order valence-corrected chi connectivity index (χ0v) is 10.4. The summed E-state index contributed by atoms with van der Waals surface area (Å²) in [4.78, 5) is 19.6. The number of amides is 1. The van der Waals surface area contributed by atoms with E-state index in [4.69, 9.17) is 16.3 Å². The lowest BCUT2D eigenvalue weighted by Gasteiger charge is -2.04. The lowest BCUT2D eigenvalue weighted by molar-refractivity contribution is 0.102. The Morgan fingerprint density at radius 1 is 1.53 bits per heavy atom. The fourth-order valence-corrected chi connectivity index (χ4v) is 1.93. The van der Waals surface area contributed by atoms with Crippen molar-refractivity contribution < 1.29 is 9.53 Å². The number of hydrogen-bond acceptors (Lipinski definition) is 5. The number of rotatable bonds is 3. The molecule has 88 valence electrons. The number of halogens is 1. The summed E-state index contributed by atoms with van der Waals surface area (Å²) in [7, 11) is 1.46. The van der Waals surface area contributed by atoms with E-state index in [-0.39, 0.29) is 17.0 Å². The van der Waals surface area contributed by atoms with Crippen LogP contribution >= 0.6 is 22.9 Å². The number of methoxy groups -OCH3 is 1. The first-order valence-electron chi connectivity index (χ1n) is 4.61. The molecular formula is C10H8ClN3O2S. The number of thiophene rings is 1. The zero-order valence-electron chi connectivity index (χ0n) is 8.81. The average molecular weight is 270 g/mol. The number of carbonyl (C=O) groups is 1. The second-order valence-electron chi connectivity index (χ2n) is 3.02. The van der Waals surface area contributed by atoms with Gasteiger partial charge in [-0.1, -0.05) is 11.6 Å². The quantitative estimate of drug-likeness (QED) is 0.870. The van der Waals surface area contributed by atoms with Crippen LogP contribution in [0.2, 0.25) is 5.15 Å². The molecule has 0 saturated heterocycles. The highest BCUT2D eigenvalue weighted by Gasteiger charge is 2.10. The van der Waals surface area contributed by atoms with Gasteiger partial charge in [-0.2, -0.15) is 16.3 Å². The van der Waals surface area contributed by atoms with E-state index in [0.717, 1.165) is 0 Å². The summed E-state index contributed by atoms with van der Waals surface area (Å²) in [6, 6.07) is 3.17. The summed E-state index contributed by atoms with van der Waals surface area (Å²) < 4.78 is 4.92. The van der Waals surface area contributed by atoms with E-state index in [1.807, 2.05) is 5.38 Å². The molecule has 2 heterocycles. The van der Waals surface area contributed by atoms with Crippen LogP contribution in [0.3, 0.4) is 0 Å². The third-order valence-corrected chi connectivity index (χ3v) is 2.77. The molecule has 0 atom stereocenters. The first-order valence-corrected chi connectivity index (χ1v) is 5.93. The molecule has 2 aromatic heterocycles. The van der Waals surface area contributed by atoms with Crippen molar-refractivity contribution >= 4 is 34.8 Å². The second kappa shape index (κ2) is 5.11. The molecule has 5 nitrogen and oxygen atoms in total. The molecule has 17 heavy (non-hydrogen) atoms. The molecule has 0 aromatic carbocycles. The Labute approximate surface area is 106 Å². The maximum absolute atomic E-state index is 11.7. The van der Waals surface area contributed by atoms with E-state index < -0.39 is 0 Å². The molecule has 1 amide bonds. The molecule has 0 spiro atoms. The lowest BCUT2D eigenvalue weighted by atomic mass is 10.3. The van der Waals surface area contributed by atoms with Crippen LogP contribution in [0.25, 0.3) is 0 Å². The van der Waals surface area contributed by atoms with Crippen LogP contribution in [0.15, 0.2) is 22.9 Å². The molecular weight excluding hydrogens is 262 g/mol. The van der Waals surface area contributed by atoms with Crippen molar-refractivity contribution in [1.29, 1.82) is 0 Å². The van der Waals surface area contributed by atoms with Crippen molar-refractivity contribution in [2.45, 2.75) is 0 Å². The number of ether oxygens (including phenoxy) is 1. The highest BCUT2D eigenvalue weighted by Crippen LogP contribution is 2.16. The number of anilines is 1. The summed E-state index contributed by atoms with van der Waals surface area (Å²) in [5.41, 5.74) is 0.553. The molecule has 0 bridgehead atoms. The van der Waals surface area contributed by atoms with E-state index in [2.05, 4.69) is 15.3 Å². The molecule has 0 aliphatic carbocycles. The minimum absolute atomic E-state index is 0.116. The van der Waals surface area contributed by atoms with Gasteiger partial charge in [-0.3, -0.25) is 10.1 Å². The molecule has 0 saturated carbocycles. The van der Waals surface area contributed by atoms with Crippen LogP contribution in [-0.2, 0) is 0 Å². The molecule has 2 rings (SSSR count). The van der Waals surface area contributed by atoms with Crippen molar-refractivity contribution in [2.24, 2.45) is 0 Å². The van der Waals surface area contributed by atoms with Crippen molar-refractivity contribution in [1.82, 2.24) is 9.97 Å². The highest BCUT2D eigenvalue weighted by atomic mass is 35.5. The van der Waals surface area contributed by atoms with Gasteiger partial charge in [0.25, 0.3) is 5.91 Å². The number of hydrogen-bond donors (Lipinski definition) is 1. The van der Waals surface area contributed by atoms with Crippen molar-refractivity contribution in [3.8, 4) is 5.88 Å². The molecule has 0 radical (unpaired) electrons. The van der Waals surface area contributed by atoms with Crippen molar-refractivity contribution in [3.63, 3.8) is 0 Å². The van der Waals surface area contributed by atoms with E-state index in [1.165, 1.54) is 24.5 Å². The third-order valence-electron chi connectivity index (χ3n) is 1.89. The van der Waals surface area contributed by atoms with Gasteiger partial charge in [0.1, 0.15) is 5.15 Å². The van der Waals surface area contributed by atoms with Gasteiger partial charge in [0.05, 0.1) is 12.7 Å². The minimum atomic E-state index is -0.282. The fraction of sp³-hybridized carbons (Fsp3) is 0.100. The van der Waals surface area contributed by atoms with E-state index in [0.29, 0.717) is 11.4 Å². The second-order valence-corrected chi connectivity index (χ2v) is 4.19. The van der Waals surface area contributed by atoms with E-state index in [1.54, 1.807) is 11.4 Å². The zero-order chi connectivity index (χ0) is 12.3. The van der Waals surface area contributed by atoms with Gasteiger partial charge in [-0.05, 0) is 11.4 Å². The van der Waals surface area contributed by atoms with Gasteiger partial charge < -0.3 is 4.74 Å². The van der Waals surface area contributed by atoms with Gasteiger partial charge in [0, 0.05) is 11.4 Å². The average Bonchev–Trinajstić information content (AvgIpc) is 2.81. The van der Waals surface area contributed by atoms with Crippen LogP contribution in [0.1, 0.15) is 10.4 Å². The van der Waals surface area contributed by atoms with Crippen LogP contribution in [0.5, 0.6) is 5.88 Å².